The standard InChI is InChI=1S/C25H48N6O.HI/c1-5-26-24(29-22-11-9-10-21(18-22)23(32)28-20(2)3)27-19-25(12-16-30(4)17-13-25)31-14-7-6-8-15-31;/h20-22H,5-19H2,1-4H3,(H,28,32)(H2,26,27,29);1H. The molecule has 0 aromatic carbocycles. The second-order valence-electron chi connectivity index (χ2n) is 10.6. The Morgan fingerprint density at radius 3 is 2.39 bits per heavy atom. The summed E-state index contributed by atoms with van der Waals surface area (Å²) in [6.07, 6.45) is 10.5. The zero-order valence-corrected chi connectivity index (χ0v) is 23.8. The summed E-state index contributed by atoms with van der Waals surface area (Å²) in [6, 6.07) is 0.517. The summed E-state index contributed by atoms with van der Waals surface area (Å²) in [7, 11) is 2.24. The summed E-state index contributed by atoms with van der Waals surface area (Å²) < 4.78 is 0. The van der Waals surface area contributed by atoms with Crippen molar-refractivity contribution in [2.24, 2.45) is 10.9 Å². The van der Waals surface area contributed by atoms with E-state index in [0.717, 1.165) is 57.8 Å². The average molecular weight is 577 g/mol. The second kappa shape index (κ2) is 14.1. The van der Waals surface area contributed by atoms with E-state index in [2.05, 4.69) is 39.7 Å². The number of nitrogens with one attached hydrogen (secondary N) is 3. The van der Waals surface area contributed by atoms with E-state index in [1.165, 1.54) is 45.2 Å². The largest absolute Gasteiger partial charge is 0.357 e. The van der Waals surface area contributed by atoms with Crippen molar-refractivity contribution in [1.29, 1.82) is 0 Å². The fraction of sp³-hybridized carbons (Fsp3) is 0.920. The molecule has 3 rings (SSSR count). The Hall–Kier alpha value is -0.610. The van der Waals surface area contributed by atoms with Gasteiger partial charge in [-0.2, -0.15) is 0 Å². The van der Waals surface area contributed by atoms with Crippen molar-refractivity contribution >= 4 is 35.8 Å². The number of piperidine rings is 2. The Morgan fingerprint density at radius 2 is 1.76 bits per heavy atom. The topological polar surface area (TPSA) is 72.0 Å². The predicted octanol–water partition coefficient (Wildman–Crippen LogP) is 3.19. The molecule has 2 aliphatic heterocycles. The van der Waals surface area contributed by atoms with Gasteiger partial charge < -0.3 is 20.9 Å². The van der Waals surface area contributed by atoms with Gasteiger partial charge in [0, 0.05) is 30.1 Å². The first kappa shape index (κ1) is 28.6. The number of likely N-dealkylation sites (tertiary alicyclic amines) is 2. The molecule has 3 fully saturated rings. The smallest absolute Gasteiger partial charge is 0.223 e. The Bertz CT molecular complexity index is 614. The number of halogens is 1. The van der Waals surface area contributed by atoms with E-state index in [1.54, 1.807) is 0 Å². The number of hydrogen-bond acceptors (Lipinski definition) is 4. The molecule has 2 atom stereocenters. The Kier molecular flexibility index (Phi) is 12.2. The van der Waals surface area contributed by atoms with Crippen LogP contribution < -0.4 is 16.0 Å². The maximum Gasteiger partial charge on any atom is 0.223 e. The van der Waals surface area contributed by atoms with Gasteiger partial charge >= 0.3 is 0 Å². The Morgan fingerprint density at radius 1 is 1.06 bits per heavy atom. The summed E-state index contributed by atoms with van der Waals surface area (Å²) in [4.78, 5) is 22.9. The molecule has 2 unspecified atom stereocenters. The molecule has 192 valence electrons. The molecule has 8 heteroatoms. The van der Waals surface area contributed by atoms with Crippen LogP contribution in [0.5, 0.6) is 0 Å². The molecule has 0 aromatic heterocycles. The van der Waals surface area contributed by atoms with Crippen molar-refractivity contribution < 1.29 is 4.79 Å². The normalized spacial score (nSPS) is 27.0. The lowest BCUT2D eigenvalue weighted by Gasteiger charge is -2.49. The fourth-order valence-corrected chi connectivity index (χ4v) is 5.68. The van der Waals surface area contributed by atoms with Crippen LogP contribution in [0.25, 0.3) is 0 Å². The SMILES string of the molecule is CCNC(=NCC1(N2CCCCC2)CCN(C)CC1)NC1CCCC(C(=O)NC(C)C)C1.I. The summed E-state index contributed by atoms with van der Waals surface area (Å²) >= 11 is 0. The lowest BCUT2D eigenvalue weighted by Crippen LogP contribution is -2.58. The molecule has 1 aliphatic carbocycles. The first-order chi connectivity index (χ1) is 15.4. The van der Waals surface area contributed by atoms with Crippen LogP contribution in [0.15, 0.2) is 4.99 Å². The van der Waals surface area contributed by atoms with Crippen LogP contribution in [0, 0.1) is 5.92 Å². The minimum Gasteiger partial charge on any atom is -0.357 e. The molecule has 1 amide bonds. The lowest BCUT2D eigenvalue weighted by atomic mass is 9.84. The van der Waals surface area contributed by atoms with Gasteiger partial charge in [0.25, 0.3) is 0 Å². The second-order valence-corrected chi connectivity index (χ2v) is 10.6. The first-order valence-electron chi connectivity index (χ1n) is 13.2. The number of carbonyl (C=O) groups excluding carboxylic acids is 1. The van der Waals surface area contributed by atoms with Crippen LogP contribution in [-0.4, -0.2) is 85.6 Å². The third-order valence-corrected chi connectivity index (χ3v) is 7.64. The molecule has 0 spiro atoms. The highest BCUT2D eigenvalue weighted by molar-refractivity contribution is 14.0. The number of guanidine groups is 1. The number of hydrogen-bond donors (Lipinski definition) is 3. The lowest BCUT2D eigenvalue weighted by molar-refractivity contribution is -0.126. The quantitative estimate of drug-likeness (QED) is 0.247. The van der Waals surface area contributed by atoms with E-state index in [9.17, 15) is 4.79 Å². The summed E-state index contributed by atoms with van der Waals surface area (Å²) in [6.45, 7) is 12.7. The number of carbonyl (C=O) groups is 1. The van der Waals surface area contributed by atoms with Crippen molar-refractivity contribution in [3.8, 4) is 0 Å². The van der Waals surface area contributed by atoms with Crippen LogP contribution in [0.1, 0.15) is 78.6 Å². The number of aliphatic imine (C=N–C) groups is 1. The highest BCUT2D eigenvalue weighted by Gasteiger charge is 2.39. The van der Waals surface area contributed by atoms with Gasteiger partial charge in [0.15, 0.2) is 5.96 Å². The molecule has 33 heavy (non-hydrogen) atoms. The Balaban J connectivity index is 0.00000385. The van der Waals surface area contributed by atoms with Crippen molar-refractivity contribution in [2.45, 2.75) is 96.2 Å². The van der Waals surface area contributed by atoms with E-state index in [1.807, 2.05) is 13.8 Å². The molecule has 3 N–H and O–H groups in total. The van der Waals surface area contributed by atoms with Gasteiger partial charge in [-0.25, -0.2) is 0 Å². The van der Waals surface area contributed by atoms with Crippen LogP contribution in [0.4, 0.5) is 0 Å². The zero-order valence-electron chi connectivity index (χ0n) is 21.5. The van der Waals surface area contributed by atoms with E-state index in [0.29, 0.717) is 6.04 Å². The number of nitrogens with zero attached hydrogens (tertiary/aromatic N) is 3. The maximum absolute atomic E-state index is 12.5. The van der Waals surface area contributed by atoms with Gasteiger partial charge in [0.2, 0.25) is 5.91 Å². The van der Waals surface area contributed by atoms with Gasteiger partial charge in [-0.1, -0.05) is 12.8 Å². The minimum atomic E-state index is 0. The van der Waals surface area contributed by atoms with E-state index >= 15 is 0 Å². The highest BCUT2D eigenvalue weighted by atomic mass is 127. The molecule has 0 aromatic rings. The van der Waals surface area contributed by atoms with Crippen molar-refractivity contribution in [2.75, 3.05) is 46.3 Å². The van der Waals surface area contributed by atoms with E-state index in [-0.39, 0.29) is 47.4 Å². The molecule has 3 aliphatic rings. The summed E-state index contributed by atoms with van der Waals surface area (Å²) in [5.41, 5.74) is 0.196. The molecule has 7 nitrogen and oxygen atoms in total. The molecule has 2 heterocycles. The predicted molar refractivity (Wildman–Crippen MR) is 148 cm³/mol. The van der Waals surface area contributed by atoms with E-state index < -0.39 is 0 Å². The average Bonchev–Trinajstić information content (AvgIpc) is 2.79. The van der Waals surface area contributed by atoms with Crippen molar-refractivity contribution in [1.82, 2.24) is 25.8 Å². The zero-order chi connectivity index (χ0) is 23.0. The Labute approximate surface area is 219 Å². The molecule has 0 radical (unpaired) electrons. The monoisotopic (exact) mass is 576 g/mol. The van der Waals surface area contributed by atoms with Gasteiger partial charge in [-0.15, -0.1) is 24.0 Å². The number of rotatable bonds is 7. The third-order valence-electron chi connectivity index (χ3n) is 7.64. The molecule has 0 bridgehead atoms. The molecular formula is C25H49IN6O. The van der Waals surface area contributed by atoms with Gasteiger partial charge in [-0.3, -0.25) is 14.7 Å². The minimum absolute atomic E-state index is 0. The highest BCUT2D eigenvalue weighted by Crippen LogP contribution is 2.32. The van der Waals surface area contributed by atoms with Crippen LogP contribution in [0.2, 0.25) is 0 Å². The molecular weight excluding hydrogens is 527 g/mol. The fourth-order valence-electron chi connectivity index (χ4n) is 5.68. The summed E-state index contributed by atoms with van der Waals surface area (Å²) in [5, 5.41) is 10.3. The number of amides is 1. The van der Waals surface area contributed by atoms with Gasteiger partial charge in [0.1, 0.15) is 0 Å². The molecule has 1 saturated carbocycles. The van der Waals surface area contributed by atoms with Crippen LogP contribution >= 0.6 is 24.0 Å². The van der Waals surface area contributed by atoms with Crippen LogP contribution in [-0.2, 0) is 4.79 Å². The van der Waals surface area contributed by atoms with Gasteiger partial charge in [-0.05, 0) is 98.9 Å². The maximum atomic E-state index is 12.5. The first-order valence-corrected chi connectivity index (χ1v) is 13.2. The van der Waals surface area contributed by atoms with Gasteiger partial charge in [0.05, 0.1) is 6.54 Å². The van der Waals surface area contributed by atoms with Crippen molar-refractivity contribution in [3.05, 3.63) is 0 Å². The summed E-state index contributed by atoms with van der Waals surface area (Å²) in [5.74, 6) is 1.25. The van der Waals surface area contributed by atoms with Crippen LogP contribution in [0.3, 0.4) is 0 Å². The van der Waals surface area contributed by atoms with Crippen molar-refractivity contribution in [3.63, 3.8) is 0 Å². The molecule has 2 saturated heterocycles. The van der Waals surface area contributed by atoms with E-state index in [4.69, 9.17) is 4.99 Å². The third kappa shape index (κ3) is 8.53.